The van der Waals surface area contributed by atoms with Crippen LogP contribution in [-0.4, -0.2) is 39.5 Å². The topological polar surface area (TPSA) is 105 Å². The van der Waals surface area contributed by atoms with Crippen LogP contribution in [-0.2, 0) is 19.8 Å². The molecule has 0 spiro atoms. The Balaban J connectivity index is 3.38. The number of rotatable bonds is 3. The predicted molar refractivity (Wildman–Crippen MR) is 98.9 cm³/mol. The van der Waals surface area contributed by atoms with Crippen molar-refractivity contribution in [3.8, 4) is 0 Å². The van der Waals surface area contributed by atoms with Crippen molar-refractivity contribution >= 4 is 18.2 Å². The lowest BCUT2D eigenvalue weighted by molar-refractivity contribution is -0.153. The predicted octanol–water partition coefficient (Wildman–Crippen LogP) is 3.66. The number of carbonyl (C=O) groups excluding carboxylic acids is 2. The van der Waals surface area contributed by atoms with Gasteiger partial charge in [-0.1, -0.05) is 30.3 Å². The number of carboxylic acid groups (broad SMARTS) is 1. The van der Waals surface area contributed by atoms with Gasteiger partial charge in [0.2, 0.25) is 0 Å². The van der Waals surface area contributed by atoms with Gasteiger partial charge in [0, 0.05) is 0 Å². The molecule has 1 rings (SSSR count). The van der Waals surface area contributed by atoms with E-state index >= 15 is 0 Å². The SMILES string of the molecule is CC(C)(C)OC(=O)NN(C(=O)OC(C)(C)C)C(C)(C(=O)O)c1ccccc1. The normalized spacial score (nSPS) is 13.9. The number of ether oxygens (including phenoxy) is 2. The molecular formula is C19H28N2O6. The summed E-state index contributed by atoms with van der Waals surface area (Å²) in [5.41, 5.74) is -1.16. The minimum Gasteiger partial charge on any atom is -0.479 e. The average Bonchev–Trinajstić information content (AvgIpc) is 2.49. The van der Waals surface area contributed by atoms with Gasteiger partial charge in [-0.2, -0.15) is 5.01 Å². The Morgan fingerprint density at radius 2 is 1.37 bits per heavy atom. The van der Waals surface area contributed by atoms with Gasteiger partial charge in [-0.3, -0.25) is 0 Å². The molecule has 2 amide bonds. The zero-order valence-corrected chi connectivity index (χ0v) is 16.8. The van der Waals surface area contributed by atoms with Gasteiger partial charge in [0.1, 0.15) is 11.2 Å². The van der Waals surface area contributed by atoms with E-state index in [1.54, 1.807) is 71.9 Å². The number of hydrogen-bond donors (Lipinski definition) is 2. The van der Waals surface area contributed by atoms with E-state index in [1.165, 1.54) is 6.92 Å². The van der Waals surface area contributed by atoms with E-state index in [1.807, 2.05) is 0 Å². The third-order valence-corrected chi connectivity index (χ3v) is 3.38. The molecule has 0 aliphatic heterocycles. The zero-order valence-electron chi connectivity index (χ0n) is 16.8. The fourth-order valence-electron chi connectivity index (χ4n) is 2.15. The van der Waals surface area contributed by atoms with Gasteiger partial charge in [0.25, 0.3) is 0 Å². The molecule has 0 saturated heterocycles. The lowest BCUT2D eigenvalue weighted by Gasteiger charge is -2.38. The summed E-state index contributed by atoms with van der Waals surface area (Å²) in [5, 5.41) is 10.6. The second-order valence-electron chi connectivity index (χ2n) is 8.17. The van der Waals surface area contributed by atoms with Crippen LogP contribution in [0, 0.1) is 0 Å². The van der Waals surface area contributed by atoms with Gasteiger partial charge >= 0.3 is 18.2 Å². The summed E-state index contributed by atoms with van der Waals surface area (Å²) in [6, 6.07) is 8.07. The first-order valence-corrected chi connectivity index (χ1v) is 8.48. The van der Waals surface area contributed by atoms with E-state index in [2.05, 4.69) is 5.43 Å². The van der Waals surface area contributed by atoms with Crippen molar-refractivity contribution in [2.45, 2.75) is 65.2 Å². The van der Waals surface area contributed by atoms with Crippen LogP contribution in [0.15, 0.2) is 30.3 Å². The van der Waals surface area contributed by atoms with Crippen LogP contribution in [0.25, 0.3) is 0 Å². The number of benzene rings is 1. The second kappa shape index (κ2) is 7.85. The molecule has 0 saturated carbocycles. The van der Waals surface area contributed by atoms with E-state index in [-0.39, 0.29) is 5.56 Å². The molecule has 0 radical (unpaired) electrons. The number of aliphatic carboxylic acids is 1. The van der Waals surface area contributed by atoms with Crippen LogP contribution in [0.1, 0.15) is 54.0 Å². The largest absolute Gasteiger partial charge is 0.479 e. The first kappa shape index (κ1) is 22.3. The second-order valence-corrected chi connectivity index (χ2v) is 8.17. The van der Waals surface area contributed by atoms with Crippen molar-refractivity contribution < 1.29 is 29.0 Å². The zero-order chi connectivity index (χ0) is 21.0. The number of nitrogens with one attached hydrogen (secondary N) is 1. The van der Waals surface area contributed by atoms with Crippen LogP contribution in [0.4, 0.5) is 9.59 Å². The lowest BCUT2D eigenvalue weighted by atomic mass is 9.91. The minimum atomic E-state index is -1.93. The highest BCUT2D eigenvalue weighted by Crippen LogP contribution is 2.29. The first-order chi connectivity index (χ1) is 12.2. The summed E-state index contributed by atoms with van der Waals surface area (Å²) in [4.78, 5) is 37.2. The molecule has 1 aromatic carbocycles. The van der Waals surface area contributed by atoms with Crippen molar-refractivity contribution in [3.63, 3.8) is 0 Å². The molecule has 1 aromatic rings. The summed E-state index contributed by atoms with van der Waals surface area (Å²) in [7, 11) is 0. The maximum atomic E-state index is 12.8. The summed E-state index contributed by atoms with van der Waals surface area (Å²) in [6.07, 6.45) is -2.00. The fourth-order valence-corrected chi connectivity index (χ4v) is 2.15. The molecule has 0 fully saturated rings. The lowest BCUT2D eigenvalue weighted by Crippen LogP contribution is -2.61. The molecule has 0 bridgehead atoms. The molecule has 0 heterocycles. The van der Waals surface area contributed by atoms with Crippen LogP contribution in [0.3, 0.4) is 0 Å². The van der Waals surface area contributed by atoms with E-state index in [0.717, 1.165) is 0 Å². The van der Waals surface area contributed by atoms with Crippen molar-refractivity contribution in [1.29, 1.82) is 0 Å². The molecule has 8 nitrogen and oxygen atoms in total. The monoisotopic (exact) mass is 380 g/mol. The van der Waals surface area contributed by atoms with Crippen LogP contribution in [0.5, 0.6) is 0 Å². The number of amides is 2. The Kier molecular flexibility index (Phi) is 6.48. The van der Waals surface area contributed by atoms with Gasteiger partial charge in [-0.25, -0.2) is 19.8 Å². The van der Waals surface area contributed by atoms with E-state index in [4.69, 9.17) is 9.47 Å². The third-order valence-electron chi connectivity index (χ3n) is 3.38. The maximum absolute atomic E-state index is 12.8. The Morgan fingerprint density at radius 3 is 1.78 bits per heavy atom. The number of carboxylic acids is 1. The van der Waals surface area contributed by atoms with Crippen molar-refractivity contribution in [1.82, 2.24) is 10.4 Å². The van der Waals surface area contributed by atoms with Crippen LogP contribution >= 0.6 is 0 Å². The van der Waals surface area contributed by atoms with E-state index in [9.17, 15) is 19.5 Å². The maximum Gasteiger partial charge on any atom is 0.430 e. The number of hydrogen-bond acceptors (Lipinski definition) is 5. The van der Waals surface area contributed by atoms with Gasteiger partial charge in [-0.15, -0.1) is 0 Å². The smallest absolute Gasteiger partial charge is 0.430 e. The molecule has 8 heteroatoms. The standard InChI is InChI=1S/C19H28N2O6/c1-17(2,3)26-15(24)20-21(16(25)27-18(4,5)6)19(7,14(22)23)13-11-9-8-10-12-13/h8-12H,1-7H3,(H,20,24)(H,22,23). The quantitative estimate of drug-likeness (QED) is 0.775. The van der Waals surface area contributed by atoms with Crippen LogP contribution in [0.2, 0.25) is 0 Å². The minimum absolute atomic E-state index is 0.277. The van der Waals surface area contributed by atoms with Gasteiger partial charge in [-0.05, 0) is 54.0 Å². The molecule has 0 aromatic heterocycles. The fraction of sp³-hybridized carbons (Fsp3) is 0.526. The molecule has 150 valence electrons. The molecular weight excluding hydrogens is 352 g/mol. The molecule has 27 heavy (non-hydrogen) atoms. The highest BCUT2D eigenvalue weighted by molar-refractivity contribution is 5.86. The highest BCUT2D eigenvalue weighted by Gasteiger charge is 2.47. The van der Waals surface area contributed by atoms with Gasteiger partial charge in [0.05, 0.1) is 0 Å². The molecule has 1 atom stereocenters. The Morgan fingerprint density at radius 1 is 0.889 bits per heavy atom. The molecule has 1 unspecified atom stereocenters. The van der Waals surface area contributed by atoms with E-state index in [0.29, 0.717) is 5.01 Å². The third kappa shape index (κ3) is 6.16. The number of nitrogens with zero attached hydrogens (tertiary/aromatic N) is 1. The van der Waals surface area contributed by atoms with Crippen molar-refractivity contribution in [2.24, 2.45) is 0 Å². The Bertz CT molecular complexity index is 690. The Labute approximate surface area is 159 Å². The summed E-state index contributed by atoms with van der Waals surface area (Å²) >= 11 is 0. The molecule has 2 N–H and O–H groups in total. The van der Waals surface area contributed by atoms with Crippen LogP contribution < -0.4 is 5.43 Å². The molecule has 0 aliphatic rings. The number of carbonyl (C=O) groups is 3. The van der Waals surface area contributed by atoms with Gasteiger partial charge < -0.3 is 14.6 Å². The van der Waals surface area contributed by atoms with Crippen molar-refractivity contribution in [2.75, 3.05) is 0 Å². The van der Waals surface area contributed by atoms with E-state index < -0.39 is 34.9 Å². The summed E-state index contributed by atoms with van der Waals surface area (Å²) in [5.74, 6) is -1.35. The van der Waals surface area contributed by atoms with Crippen molar-refractivity contribution in [3.05, 3.63) is 35.9 Å². The molecule has 0 aliphatic carbocycles. The number of hydrazine groups is 1. The Hall–Kier alpha value is -2.77. The average molecular weight is 380 g/mol. The highest BCUT2D eigenvalue weighted by atomic mass is 16.6. The first-order valence-electron chi connectivity index (χ1n) is 8.48. The summed E-state index contributed by atoms with van der Waals surface area (Å²) < 4.78 is 10.5. The van der Waals surface area contributed by atoms with Gasteiger partial charge in [0.15, 0.2) is 5.54 Å². The summed E-state index contributed by atoms with van der Waals surface area (Å²) in [6.45, 7) is 11.2.